The van der Waals surface area contributed by atoms with Crippen molar-refractivity contribution >= 4 is 29.3 Å². The van der Waals surface area contributed by atoms with Crippen LogP contribution in [0.15, 0.2) is 34.5 Å². The van der Waals surface area contributed by atoms with Gasteiger partial charge in [-0.1, -0.05) is 0 Å². The number of benzene rings is 1. The van der Waals surface area contributed by atoms with Crippen LogP contribution in [0.3, 0.4) is 0 Å². The van der Waals surface area contributed by atoms with Gasteiger partial charge in [0.05, 0.1) is 13.3 Å². The van der Waals surface area contributed by atoms with Crippen molar-refractivity contribution in [3.05, 3.63) is 61.4 Å². The monoisotopic (exact) mass is 313 g/mol. The summed E-state index contributed by atoms with van der Waals surface area (Å²) < 4.78 is 5.09. The number of hydrogen-bond acceptors (Lipinski definition) is 4. The molecule has 5 nitrogen and oxygen atoms in total. The molecule has 0 saturated heterocycles. The molecule has 22 heavy (non-hydrogen) atoms. The molecule has 1 aliphatic carbocycles. The van der Waals surface area contributed by atoms with Crippen molar-refractivity contribution in [2.75, 3.05) is 7.11 Å². The van der Waals surface area contributed by atoms with E-state index in [0.29, 0.717) is 5.11 Å². The zero-order chi connectivity index (χ0) is 15.8. The Morgan fingerprint density at radius 2 is 1.82 bits per heavy atom. The number of hydrazone groups is 2. The van der Waals surface area contributed by atoms with E-state index >= 15 is 0 Å². The van der Waals surface area contributed by atoms with Gasteiger partial charge < -0.3 is 4.74 Å². The fraction of sp³-hybridized carbons (Fsp3) is 0.125. The average Bonchev–Trinajstić information content (AvgIpc) is 3.08. The molecule has 0 bridgehead atoms. The third-order valence-electron chi connectivity index (χ3n) is 2.90. The zero-order valence-electron chi connectivity index (χ0n) is 12.4. The van der Waals surface area contributed by atoms with Crippen molar-refractivity contribution in [2.24, 2.45) is 10.2 Å². The maximum atomic E-state index is 5.09. The lowest BCUT2D eigenvalue weighted by Crippen LogP contribution is -2.29. The topological polar surface area (TPSA) is 58.0 Å². The predicted molar refractivity (Wildman–Crippen MR) is 93.0 cm³/mol. The smallest absolute Gasteiger partial charge is 0.207 e. The van der Waals surface area contributed by atoms with E-state index in [1.807, 2.05) is 56.9 Å². The lowest BCUT2D eigenvalue weighted by Gasteiger charge is -2.08. The minimum Gasteiger partial charge on any atom is -0.497 e. The second kappa shape index (κ2) is 8.48. The lowest BCUT2D eigenvalue weighted by molar-refractivity contribution is 0.415. The van der Waals surface area contributed by atoms with Crippen LogP contribution < -0.4 is 15.6 Å². The van der Waals surface area contributed by atoms with Crippen molar-refractivity contribution in [1.29, 1.82) is 0 Å². The maximum absolute atomic E-state index is 5.09. The Labute approximate surface area is 136 Å². The third-order valence-corrected chi connectivity index (χ3v) is 3.08. The normalized spacial score (nSPS) is 16.0. The van der Waals surface area contributed by atoms with Gasteiger partial charge in [0, 0.05) is 11.6 Å². The SMILES string of the molecule is COc1ccc(/C=N/NC(=S)N/N=C(\C)[C]2[CH][CH][CH][CH]2)cc1. The highest BCUT2D eigenvalue weighted by atomic mass is 32.1. The van der Waals surface area contributed by atoms with Gasteiger partial charge in [-0.2, -0.15) is 10.2 Å². The molecule has 6 heteroatoms. The van der Waals surface area contributed by atoms with Crippen LogP contribution in [0.4, 0.5) is 0 Å². The van der Waals surface area contributed by atoms with Crippen LogP contribution in [-0.2, 0) is 0 Å². The van der Waals surface area contributed by atoms with E-state index in [4.69, 9.17) is 17.0 Å². The third kappa shape index (κ3) is 5.11. The molecule has 1 fully saturated rings. The Kier molecular flexibility index (Phi) is 6.33. The summed E-state index contributed by atoms with van der Waals surface area (Å²) in [6.07, 6.45) is 9.56. The van der Waals surface area contributed by atoms with Gasteiger partial charge in [0.25, 0.3) is 0 Å². The molecule has 1 aliphatic rings. The van der Waals surface area contributed by atoms with E-state index in [1.165, 1.54) is 0 Å². The van der Waals surface area contributed by atoms with Gasteiger partial charge >= 0.3 is 0 Å². The Balaban J connectivity index is 1.76. The van der Waals surface area contributed by atoms with Crippen LogP contribution in [0.1, 0.15) is 12.5 Å². The van der Waals surface area contributed by atoms with Crippen LogP contribution in [0.2, 0.25) is 0 Å². The summed E-state index contributed by atoms with van der Waals surface area (Å²) in [5.74, 6) is 1.86. The number of hydrogen-bond donors (Lipinski definition) is 2. The standard InChI is InChI=1S/C16H17N4OS/c1-12(14-5-3-4-6-14)18-20-16(22)19-17-11-13-7-9-15(21-2)10-8-13/h3-11H,1-2H3,(H2,19,20,22)/b17-11+,18-12+. The summed E-state index contributed by atoms with van der Waals surface area (Å²) in [5.41, 5.74) is 7.25. The lowest BCUT2D eigenvalue weighted by atomic mass is 10.0. The number of methoxy groups -OCH3 is 1. The number of rotatable bonds is 5. The molecule has 0 atom stereocenters. The molecule has 0 spiro atoms. The fourth-order valence-corrected chi connectivity index (χ4v) is 1.79. The first-order valence-corrected chi connectivity index (χ1v) is 7.09. The second-order valence-electron chi connectivity index (χ2n) is 4.45. The molecule has 1 saturated carbocycles. The molecule has 2 rings (SSSR count). The van der Waals surface area contributed by atoms with E-state index < -0.39 is 0 Å². The minimum absolute atomic E-state index is 0.329. The number of ether oxygens (including phenoxy) is 1. The van der Waals surface area contributed by atoms with E-state index in [9.17, 15) is 0 Å². The van der Waals surface area contributed by atoms with Crippen molar-refractivity contribution < 1.29 is 4.74 Å². The molecule has 1 aromatic carbocycles. The number of nitrogens with zero attached hydrogens (tertiary/aromatic N) is 2. The van der Waals surface area contributed by atoms with Gasteiger partial charge in [-0.25, -0.2) is 0 Å². The largest absolute Gasteiger partial charge is 0.497 e. The molecule has 113 valence electrons. The Morgan fingerprint density at radius 1 is 1.14 bits per heavy atom. The summed E-state index contributed by atoms with van der Waals surface area (Å²) in [6.45, 7) is 1.91. The highest BCUT2D eigenvalue weighted by Gasteiger charge is 2.19. The fourth-order valence-electron chi connectivity index (χ4n) is 1.69. The van der Waals surface area contributed by atoms with Crippen LogP contribution in [0.5, 0.6) is 5.75 Å². The first kappa shape index (κ1) is 16.4. The summed E-state index contributed by atoms with van der Waals surface area (Å²) in [6, 6.07) is 7.53. The molecule has 0 amide bonds. The van der Waals surface area contributed by atoms with Gasteiger partial charge in [0.2, 0.25) is 5.11 Å². The predicted octanol–water partition coefficient (Wildman–Crippen LogP) is 2.27. The van der Waals surface area contributed by atoms with Crippen LogP contribution in [-0.4, -0.2) is 24.1 Å². The molecule has 5 radical (unpaired) electrons. The highest BCUT2D eigenvalue weighted by molar-refractivity contribution is 7.80. The number of thiocarbonyl (C=S) groups is 1. The molecule has 0 aromatic heterocycles. The van der Waals surface area contributed by atoms with Gasteiger partial charge in [-0.3, -0.25) is 10.9 Å². The molecular weight excluding hydrogens is 296 g/mol. The summed E-state index contributed by atoms with van der Waals surface area (Å²) >= 11 is 5.09. The van der Waals surface area contributed by atoms with Crippen molar-refractivity contribution in [3.63, 3.8) is 0 Å². The van der Waals surface area contributed by atoms with E-state index in [0.717, 1.165) is 22.9 Å². The zero-order valence-corrected chi connectivity index (χ0v) is 13.2. The number of nitrogens with one attached hydrogen (secondary N) is 2. The molecule has 0 aliphatic heterocycles. The Bertz CT molecular complexity index is 548. The van der Waals surface area contributed by atoms with Gasteiger partial charge in [0.15, 0.2) is 0 Å². The van der Waals surface area contributed by atoms with E-state index in [-0.39, 0.29) is 0 Å². The maximum Gasteiger partial charge on any atom is 0.207 e. The Hall–Kier alpha value is -1.95. The Morgan fingerprint density at radius 3 is 2.45 bits per heavy atom. The molecule has 0 unspecified atom stereocenters. The molecule has 1 aromatic rings. The van der Waals surface area contributed by atoms with Gasteiger partial charge in [-0.05, 0) is 74.7 Å². The molecule has 2 N–H and O–H groups in total. The van der Waals surface area contributed by atoms with E-state index in [1.54, 1.807) is 13.3 Å². The van der Waals surface area contributed by atoms with Crippen molar-refractivity contribution in [2.45, 2.75) is 6.92 Å². The van der Waals surface area contributed by atoms with Crippen molar-refractivity contribution in [3.8, 4) is 5.75 Å². The first-order valence-electron chi connectivity index (χ1n) is 6.68. The van der Waals surface area contributed by atoms with Crippen molar-refractivity contribution in [1.82, 2.24) is 10.9 Å². The van der Waals surface area contributed by atoms with Gasteiger partial charge in [-0.15, -0.1) is 0 Å². The molecular formula is C16H17N4OS. The summed E-state index contributed by atoms with van der Waals surface area (Å²) in [4.78, 5) is 0. The average molecular weight is 313 g/mol. The van der Waals surface area contributed by atoms with Crippen LogP contribution in [0, 0.1) is 31.6 Å². The highest BCUT2D eigenvalue weighted by Crippen LogP contribution is 2.23. The second-order valence-corrected chi connectivity index (χ2v) is 4.86. The van der Waals surface area contributed by atoms with Crippen LogP contribution in [0.25, 0.3) is 0 Å². The minimum atomic E-state index is 0.329. The van der Waals surface area contributed by atoms with Crippen LogP contribution >= 0.6 is 12.2 Å². The summed E-state index contributed by atoms with van der Waals surface area (Å²) in [5, 5.41) is 8.57. The first-order chi connectivity index (χ1) is 10.7. The van der Waals surface area contributed by atoms with E-state index in [2.05, 4.69) is 21.1 Å². The van der Waals surface area contributed by atoms with Gasteiger partial charge in [0.1, 0.15) is 5.75 Å². The summed E-state index contributed by atoms with van der Waals surface area (Å²) in [7, 11) is 1.63. The molecule has 0 heterocycles. The quantitative estimate of drug-likeness (QED) is 0.497.